The average Bonchev–Trinajstić information content (AvgIpc) is 2.72. The van der Waals surface area contributed by atoms with Crippen molar-refractivity contribution in [2.75, 3.05) is 36.6 Å². The normalized spacial score (nSPS) is 10.4. The topological polar surface area (TPSA) is 90.5 Å². The summed E-state index contributed by atoms with van der Waals surface area (Å²) in [5.74, 6) is -0.192. The van der Waals surface area contributed by atoms with E-state index in [9.17, 15) is 14.4 Å². The lowest BCUT2D eigenvalue weighted by Crippen LogP contribution is -2.22. The summed E-state index contributed by atoms with van der Waals surface area (Å²) in [5, 5.41) is 8.72. The zero-order valence-electron chi connectivity index (χ0n) is 18.0. The van der Waals surface area contributed by atoms with Crippen molar-refractivity contribution in [1.29, 1.82) is 0 Å². The molecule has 2 aromatic rings. The van der Waals surface area contributed by atoms with Gasteiger partial charge in [0.05, 0.1) is 6.54 Å². The minimum atomic E-state index is -0.164. The van der Waals surface area contributed by atoms with Gasteiger partial charge in [0.25, 0.3) is 0 Å². The predicted molar refractivity (Wildman–Crippen MR) is 120 cm³/mol. The quantitative estimate of drug-likeness (QED) is 0.591. The molecule has 0 aromatic heterocycles. The zero-order valence-corrected chi connectivity index (χ0v) is 18.0. The number of carbonyl (C=O) groups excluding carboxylic acids is 3. The maximum absolute atomic E-state index is 12.2. The first-order valence-corrected chi connectivity index (χ1v) is 9.98. The fourth-order valence-corrected chi connectivity index (χ4v) is 2.58. The first-order valence-electron chi connectivity index (χ1n) is 9.98. The lowest BCUT2D eigenvalue weighted by Gasteiger charge is -2.11. The Morgan fingerprint density at radius 2 is 1.37 bits per heavy atom. The molecule has 3 amide bonds. The third-order valence-electron chi connectivity index (χ3n) is 4.49. The molecule has 0 aliphatic heterocycles. The minimum Gasteiger partial charge on any atom is -0.376 e. The van der Waals surface area contributed by atoms with Crippen LogP contribution in [0.1, 0.15) is 25.8 Å². The minimum absolute atomic E-state index is 0.0367. The number of aryl methyl sites for hydroxylation is 1. The van der Waals surface area contributed by atoms with Gasteiger partial charge in [0, 0.05) is 43.5 Å². The van der Waals surface area contributed by atoms with Crippen LogP contribution < -0.4 is 16.0 Å². The Labute approximate surface area is 177 Å². The molecule has 0 saturated carbocycles. The largest absolute Gasteiger partial charge is 0.376 e. The number of hydrogen-bond acceptors (Lipinski definition) is 4. The molecule has 0 bridgehead atoms. The van der Waals surface area contributed by atoms with Crippen molar-refractivity contribution < 1.29 is 14.4 Å². The van der Waals surface area contributed by atoms with Crippen LogP contribution in [0.5, 0.6) is 0 Å². The van der Waals surface area contributed by atoms with Crippen LogP contribution in [0.15, 0.2) is 48.5 Å². The Morgan fingerprint density at radius 1 is 0.833 bits per heavy atom. The Bertz CT molecular complexity index is 859. The van der Waals surface area contributed by atoms with Gasteiger partial charge in [-0.2, -0.15) is 0 Å². The lowest BCUT2D eigenvalue weighted by atomic mass is 10.1. The predicted octanol–water partition coefficient (Wildman–Crippen LogP) is 3.35. The monoisotopic (exact) mass is 410 g/mol. The van der Waals surface area contributed by atoms with E-state index < -0.39 is 0 Å². The smallest absolute Gasteiger partial charge is 0.243 e. The fraction of sp³-hybridized carbons (Fsp3) is 0.348. The van der Waals surface area contributed by atoms with Crippen molar-refractivity contribution in [3.05, 3.63) is 54.1 Å². The van der Waals surface area contributed by atoms with Gasteiger partial charge in [0.2, 0.25) is 17.7 Å². The van der Waals surface area contributed by atoms with Gasteiger partial charge in [-0.1, -0.05) is 26.0 Å². The number of amides is 3. The SMILES string of the molecule is CC(C)C(=O)Nc1ccc(NCC(=O)Nc2ccc(CCC(=O)N(C)C)cc2)cc1. The van der Waals surface area contributed by atoms with E-state index in [2.05, 4.69) is 16.0 Å². The van der Waals surface area contributed by atoms with Crippen LogP contribution in [0.3, 0.4) is 0 Å². The Morgan fingerprint density at radius 3 is 1.93 bits per heavy atom. The maximum atomic E-state index is 12.2. The molecule has 7 nitrogen and oxygen atoms in total. The van der Waals surface area contributed by atoms with E-state index >= 15 is 0 Å². The van der Waals surface area contributed by atoms with Gasteiger partial charge in [-0.05, 0) is 48.4 Å². The van der Waals surface area contributed by atoms with Crippen LogP contribution in [0.4, 0.5) is 17.1 Å². The van der Waals surface area contributed by atoms with Gasteiger partial charge in [-0.25, -0.2) is 0 Å². The highest BCUT2D eigenvalue weighted by Crippen LogP contribution is 2.15. The van der Waals surface area contributed by atoms with Crippen LogP contribution >= 0.6 is 0 Å². The van der Waals surface area contributed by atoms with E-state index in [0.717, 1.165) is 16.9 Å². The van der Waals surface area contributed by atoms with E-state index in [1.54, 1.807) is 31.1 Å². The third kappa shape index (κ3) is 7.58. The van der Waals surface area contributed by atoms with Crippen molar-refractivity contribution in [1.82, 2.24) is 4.90 Å². The highest BCUT2D eigenvalue weighted by atomic mass is 16.2. The van der Waals surface area contributed by atoms with E-state index in [0.29, 0.717) is 18.5 Å². The molecule has 0 atom stereocenters. The highest BCUT2D eigenvalue weighted by Gasteiger charge is 2.08. The molecule has 7 heteroatoms. The summed E-state index contributed by atoms with van der Waals surface area (Å²) in [7, 11) is 3.49. The summed E-state index contributed by atoms with van der Waals surface area (Å²) in [4.78, 5) is 37.1. The molecule has 0 aliphatic carbocycles. The van der Waals surface area contributed by atoms with E-state index in [4.69, 9.17) is 0 Å². The first-order chi connectivity index (χ1) is 14.2. The van der Waals surface area contributed by atoms with Gasteiger partial charge in [-0.15, -0.1) is 0 Å². The highest BCUT2D eigenvalue weighted by molar-refractivity contribution is 5.94. The van der Waals surface area contributed by atoms with Crippen molar-refractivity contribution in [2.45, 2.75) is 26.7 Å². The Hall–Kier alpha value is -3.35. The zero-order chi connectivity index (χ0) is 22.1. The number of anilines is 3. The first kappa shape index (κ1) is 22.9. The van der Waals surface area contributed by atoms with E-state index in [-0.39, 0.29) is 30.2 Å². The number of nitrogens with one attached hydrogen (secondary N) is 3. The molecule has 0 unspecified atom stereocenters. The number of rotatable bonds is 9. The molecule has 2 rings (SSSR count). The molecule has 160 valence electrons. The van der Waals surface area contributed by atoms with Crippen LogP contribution in [0.25, 0.3) is 0 Å². The van der Waals surface area contributed by atoms with Crippen molar-refractivity contribution in [3.63, 3.8) is 0 Å². The molecule has 0 aliphatic rings. The summed E-state index contributed by atoms with van der Waals surface area (Å²) >= 11 is 0. The maximum Gasteiger partial charge on any atom is 0.243 e. The van der Waals surface area contributed by atoms with Gasteiger partial charge in [0.1, 0.15) is 0 Å². The molecular weight excluding hydrogens is 380 g/mol. The van der Waals surface area contributed by atoms with Crippen molar-refractivity contribution in [3.8, 4) is 0 Å². The average molecular weight is 411 g/mol. The van der Waals surface area contributed by atoms with Gasteiger partial charge in [-0.3, -0.25) is 14.4 Å². The summed E-state index contributed by atoms with van der Waals surface area (Å²) < 4.78 is 0. The number of hydrogen-bond donors (Lipinski definition) is 3. The molecule has 0 heterocycles. The Balaban J connectivity index is 1.77. The van der Waals surface area contributed by atoms with Crippen LogP contribution in [-0.2, 0) is 20.8 Å². The van der Waals surface area contributed by atoms with Gasteiger partial charge >= 0.3 is 0 Å². The number of carbonyl (C=O) groups is 3. The molecule has 0 radical (unpaired) electrons. The van der Waals surface area contributed by atoms with Crippen LogP contribution in [-0.4, -0.2) is 43.3 Å². The second-order valence-electron chi connectivity index (χ2n) is 7.61. The van der Waals surface area contributed by atoms with Gasteiger partial charge < -0.3 is 20.9 Å². The Kier molecular flexibility index (Phi) is 8.41. The van der Waals surface area contributed by atoms with Gasteiger partial charge in [0.15, 0.2) is 0 Å². The van der Waals surface area contributed by atoms with Crippen molar-refractivity contribution >= 4 is 34.8 Å². The molecule has 0 spiro atoms. The summed E-state index contributed by atoms with van der Waals surface area (Å²) in [6.07, 6.45) is 1.13. The van der Waals surface area contributed by atoms with E-state index in [1.165, 1.54) is 0 Å². The number of nitrogens with zero attached hydrogens (tertiary/aromatic N) is 1. The van der Waals surface area contributed by atoms with Crippen molar-refractivity contribution in [2.24, 2.45) is 5.92 Å². The summed E-state index contributed by atoms with van der Waals surface area (Å²) in [5.41, 5.74) is 3.26. The number of benzene rings is 2. The van der Waals surface area contributed by atoms with Crippen LogP contribution in [0.2, 0.25) is 0 Å². The molecule has 2 aromatic carbocycles. The summed E-state index contributed by atoms with van der Waals surface area (Å²) in [6, 6.07) is 14.7. The second kappa shape index (κ2) is 11.0. The van der Waals surface area contributed by atoms with E-state index in [1.807, 2.05) is 50.2 Å². The van der Waals surface area contributed by atoms with Crippen LogP contribution in [0, 0.1) is 5.92 Å². The molecule has 0 saturated heterocycles. The summed E-state index contributed by atoms with van der Waals surface area (Å²) in [6.45, 7) is 3.80. The molecule has 0 fully saturated rings. The molecule has 3 N–H and O–H groups in total. The lowest BCUT2D eigenvalue weighted by molar-refractivity contribution is -0.128. The fourth-order valence-electron chi connectivity index (χ4n) is 2.58. The molecule has 30 heavy (non-hydrogen) atoms. The third-order valence-corrected chi connectivity index (χ3v) is 4.49. The second-order valence-corrected chi connectivity index (χ2v) is 7.61. The molecular formula is C23H30N4O3. The standard InChI is InChI=1S/C23H30N4O3/c1-16(2)23(30)26-20-12-10-18(11-13-20)24-15-21(28)25-19-8-5-17(6-9-19)7-14-22(29)27(3)4/h5-6,8-13,16,24H,7,14-15H2,1-4H3,(H,25,28)(H,26,30).